The summed E-state index contributed by atoms with van der Waals surface area (Å²) in [5.74, 6) is -0.136. The van der Waals surface area contributed by atoms with E-state index in [0.29, 0.717) is 16.3 Å². The second-order valence-electron chi connectivity index (χ2n) is 5.45. The second-order valence-corrected chi connectivity index (χ2v) is 6.29. The van der Waals surface area contributed by atoms with Crippen LogP contribution < -0.4 is 0 Å². The summed E-state index contributed by atoms with van der Waals surface area (Å²) in [6, 6.07) is 14.5. The van der Waals surface area contributed by atoms with Crippen LogP contribution in [0.5, 0.6) is 0 Å². The first kappa shape index (κ1) is 17.5. The van der Waals surface area contributed by atoms with Gasteiger partial charge in [-0.1, -0.05) is 29.3 Å². The molecule has 0 spiro atoms. The molecule has 0 aliphatic rings. The molecule has 3 rings (SSSR count). The summed E-state index contributed by atoms with van der Waals surface area (Å²) < 4.78 is 19.5. The van der Waals surface area contributed by atoms with Crippen molar-refractivity contribution in [2.75, 3.05) is 0 Å². The summed E-state index contributed by atoms with van der Waals surface area (Å²) in [6.07, 6.45) is 1.52. The molecule has 6 heteroatoms. The zero-order chi connectivity index (χ0) is 17.8. The van der Waals surface area contributed by atoms with E-state index < -0.39 is 5.82 Å². The number of benzene rings is 2. The Balaban J connectivity index is 1.92. The molecule has 128 valence electrons. The Morgan fingerprint density at radius 2 is 1.76 bits per heavy atom. The Hall–Kier alpha value is -2.30. The Kier molecular flexibility index (Phi) is 5.41. The maximum absolute atomic E-state index is 14.1. The second kappa shape index (κ2) is 7.72. The Morgan fingerprint density at radius 1 is 1.00 bits per heavy atom. The first-order valence-electron chi connectivity index (χ1n) is 7.54. The van der Waals surface area contributed by atoms with E-state index in [4.69, 9.17) is 27.6 Å². The van der Waals surface area contributed by atoms with Crippen molar-refractivity contribution in [2.45, 2.75) is 13.1 Å². The van der Waals surface area contributed by atoms with E-state index >= 15 is 0 Å². The number of hydrogen-bond donors (Lipinski definition) is 0. The largest absolute Gasteiger partial charge is 0.467 e. The fraction of sp³-hybridized carbons (Fsp3) is 0.105. The van der Waals surface area contributed by atoms with Gasteiger partial charge in [-0.2, -0.15) is 0 Å². The van der Waals surface area contributed by atoms with Crippen LogP contribution >= 0.6 is 23.2 Å². The monoisotopic (exact) mass is 377 g/mol. The van der Waals surface area contributed by atoms with Crippen molar-refractivity contribution in [1.82, 2.24) is 4.90 Å². The molecule has 0 unspecified atom stereocenters. The molecule has 1 aromatic heterocycles. The van der Waals surface area contributed by atoms with Crippen LogP contribution in [0.4, 0.5) is 4.39 Å². The molecule has 0 fully saturated rings. The SMILES string of the molecule is O=C(c1ccc(Cl)cc1)N(Cc1ccco1)Cc1c(F)cccc1Cl. The average Bonchev–Trinajstić information content (AvgIpc) is 3.10. The maximum Gasteiger partial charge on any atom is 0.254 e. The number of nitrogens with zero attached hydrogens (tertiary/aromatic N) is 1. The van der Waals surface area contributed by atoms with Crippen molar-refractivity contribution in [2.24, 2.45) is 0 Å². The van der Waals surface area contributed by atoms with Crippen LogP contribution in [0.15, 0.2) is 65.3 Å². The molecule has 0 saturated carbocycles. The molecule has 0 radical (unpaired) electrons. The molecule has 0 aliphatic carbocycles. The summed E-state index contributed by atoms with van der Waals surface area (Å²) in [6.45, 7) is 0.215. The van der Waals surface area contributed by atoms with E-state index in [1.165, 1.54) is 23.3 Å². The zero-order valence-corrected chi connectivity index (χ0v) is 14.6. The fourth-order valence-electron chi connectivity index (χ4n) is 2.44. The van der Waals surface area contributed by atoms with Crippen molar-refractivity contribution >= 4 is 29.1 Å². The third-order valence-electron chi connectivity index (χ3n) is 3.72. The van der Waals surface area contributed by atoms with E-state index in [-0.39, 0.29) is 29.6 Å². The molecular weight excluding hydrogens is 364 g/mol. The minimum atomic E-state index is -0.458. The number of furan rings is 1. The van der Waals surface area contributed by atoms with Crippen LogP contribution in [0.2, 0.25) is 10.0 Å². The molecule has 2 aromatic carbocycles. The lowest BCUT2D eigenvalue weighted by molar-refractivity contribution is 0.0716. The van der Waals surface area contributed by atoms with Gasteiger partial charge in [0, 0.05) is 21.2 Å². The number of carbonyl (C=O) groups is 1. The van der Waals surface area contributed by atoms with Crippen molar-refractivity contribution in [3.05, 3.63) is 93.6 Å². The van der Waals surface area contributed by atoms with Crippen LogP contribution in [0.25, 0.3) is 0 Å². The minimum Gasteiger partial charge on any atom is -0.467 e. The predicted octanol–water partition coefficient (Wildman–Crippen LogP) is 5.57. The molecule has 1 amide bonds. The summed E-state index contributed by atoms with van der Waals surface area (Å²) >= 11 is 12.0. The van der Waals surface area contributed by atoms with Gasteiger partial charge in [-0.15, -0.1) is 0 Å². The van der Waals surface area contributed by atoms with Gasteiger partial charge in [-0.3, -0.25) is 4.79 Å². The molecule has 25 heavy (non-hydrogen) atoms. The van der Waals surface area contributed by atoms with Crippen LogP contribution in [0.1, 0.15) is 21.7 Å². The topological polar surface area (TPSA) is 33.5 Å². The fourth-order valence-corrected chi connectivity index (χ4v) is 2.79. The number of hydrogen-bond acceptors (Lipinski definition) is 2. The first-order chi connectivity index (χ1) is 12.0. The Labute approximate surface area is 154 Å². The Morgan fingerprint density at radius 3 is 2.40 bits per heavy atom. The van der Waals surface area contributed by atoms with Crippen LogP contribution in [-0.4, -0.2) is 10.8 Å². The summed E-state index contributed by atoms with van der Waals surface area (Å²) in [5.41, 5.74) is 0.710. The highest BCUT2D eigenvalue weighted by atomic mass is 35.5. The quantitative estimate of drug-likeness (QED) is 0.582. The van der Waals surface area contributed by atoms with Gasteiger partial charge in [0.1, 0.15) is 11.6 Å². The highest BCUT2D eigenvalue weighted by Crippen LogP contribution is 2.23. The zero-order valence-electron chi connectivity index (χ0n) is 13.1. The van der Waals surface area contributed by atoms with E-state index in [1.54, 1.807) is 42.5 Å². The molecule has 0 N–H and O–H groups in total. The average molecular weight is 378 g/mol. The van der Waals surface area contributed by atoms with Gasteiger partial charge in [0.25, 0.3) is 5.91 Å². The standard InChI is InChI=1S/C19H14Cl2FNO2/c20-14-8-6-13(7-9-14)19(24)23(11-15-3-2-10-25-15)12-16-17(21)4-1-5-18(16)22/h1-10H,11-12H2. The van der Waals surface area contributed by atoms with Gasteiger partial charge in [-0.05, 0) is 48.5 Å². The summed E-state index contributed by atoms with van der Waals surface area (Å²) in [7, 11) is 0. The summed E-state index contributed by atoms with van der Waals surface area (Å²) in [5, 5.41) is 0.805. The van der Waals surface area contributed by atoms with Crippen molar-refractivity contribution in [3.8, 4) is 0 Å². The van der Waals surface area contributed by atoms with Crippen LogP contribution in [0, 0.1) is 5.82 Å². The molecular formula is C19H14Cl2FNO2. The molecule has 0 bridgehead atoms. The maximum atomic E-state index is 14.1. The number of halogens is 3. The van der Waals surface area contributed by atoms with E-state index in [0.717, 1.165) is 0 Å². The van der Waals surface area contributed by atoms with Gasteiger partial charge < -0.3 is 9.32 Å². The highest BCUT2D eigenvalue weighted by molar-refractivity contribution is 6.31. The number of rotatable bonds is 5. The van der Waals surface area contributed by atoms with Gasteiger partial charge in [0.2, 0.25) is 0 Å². The lowest BCUT2D eigenvalue weighted by atomic mass is 10.1. The van der Waals surface area contributed by atoms with E-state index in [2.05, 4.69) is 0 Å². The van der Waals surface area contributed by atoms with E-state index in [9.17, 15) is 9.18 Å². The minimum absolute atomic E-state index is 0.0215. The van der Waals surface area contributed by atoms with Crippen molar-refractivity contribution < 1.29 is 13.6 Å². The van der Waals surface area contributed by atoms with Gasteiger partial charge >= 0.3 is 0 Å². The first-order valence-corrected chi connectivity index (χ1v) is 8.30. The number of carbonyl (C=O) groups excluding carboxylic acids is 1. The van der Waals surface area contributed by atoms with Gasteiger partial charge in [-0.25, -0.2) is 4.39 Å². The Bertz CT molecular complexity index is 843. The molecule has 0 atom stereocenters. The van der Waals surface area contributed by atoms with Crippen molar-refractivity contribution in [3.63, 3.8) is 0 Å². The highest BCUT2D eigenvalue weighted by Gasteiger charge is 2.20. The van der Waals surface area contributed by atoms with E-state index in [1.807, 2.05) is 0 Å². The van der Waals surface area contributed by atoms with Gasteiger partial charge in [0.05, 0.1) is 19.4 Å². The molecule has 0 saturated heterocycles. The smallest absolute Gasteiger partial charge is 0.254 e. The van der Waals surface area contributed by atoms with Gasteiger partial charge in [0.15, 0.2) is 0 Å². The van der Waals surface area contributed by atoms with Crippen molar-refractivity contribution in [1.29, 1.82) is 0 Å². The lowest BCUT2D eigenvalue weighted by Gasteiger charge is -2.23. The molecule has 3 nitrogen and oxygen atoms in total. The molecule has 3 aromatic rings. The predicted molar refractivity (Wildman–Crippen MR) is 95.1 cm³/mol. The van der Waals surface area contributed by atoms with Crippen LogP contribution in [0.3, 0.4) is 0 Å². The molecule has 0 aliphatic heterocycles. The third kappa shape index (κ3) is 4.21. The molecule has 1 heterocycles. The lowest BCUT2D eigenvalue weighted by Crippen LogP contribution is -2.30. The summed E-state index contributed by atoms with van der Waals surface area (Å²) in [4.78, 5) is 14.4. The number of amides is 1. The van der Waals surface area contributed by atoms with Crippen LogP contribution in [-0.2, 0) is 13.1 Å². The third-order valence-corrected chi connectivity index (χ3v) is 4.32. The normalized spacial score (nSPS) is 10.7.